The van der Waals surface area contributed by atoms with Crippen molar-refractivity contribution in [2.24, 2.45) is 5.92 Å². The molecule has 1 aromatic carbocycles. The van der Waals surface area contributed by atoms with Gasteiger partial charge in [-0.15, -0.1) is 0 Å². The number of rotatable bonds is 2. The molecule has 3 atom stereocenters. The van der Waals surface area contributed by atoms with Gasteiger partial charge in [-0.3, -0.25) is 14.4 Å². The quantitative estimate of drug-likeness (QED) is 0.513. The van der Waals surface area contributed by atoms with Gasteiger partial charge >= 0.3 is 0 Å². The number of benzene rings is 1. The van der Waals surface area contributed by atoms with Crippen LogP contribution >= 0.6 is 0 Å². The first-order chi connectivity index (χ1) is 19.3. The minimum absolute atomic E-state index is 0.0323. The molecule has 2 bridgehead atoms. The molecule has 2 aliphatic heterocycles. The van der Waals surface area contributed by atoms with E-state index in [1.807, 2.05) is 13.8 Å². The van der Waals surface area contributed by atoms with Gasteiger partial charge in [0.2, 0.25) is 23.5 Å². The molecule has 218 valence electrons. The number of fused-ring (bicyclic) bond motifs is 4. The summed E-state index contributed by atoms with van der Waals surface area (Å²) in [6, 6.07) is 5.13. The number of aryl methyl sites for hydroxylation is 1. The van der Waals surface area contributed by atoms with Crippen molar-refractivity contribution in [1.82, 2.24) is 25.7 Å². The number of hydrogen-bond acceptors (Lipinski definition) is 8. The van der Waals surface area contributed by atoms with Crippen LogP contribution in [0.5, 0.6) is 5.75 Å². The number of nitrogens with one attached hydrogen (secondary N) is 2. The van der Waals surface area contributed by atoms with Crippen LogP contribution in [0.2, 0.25) is 0 Å². The topological polar surface area (TPSA) is 147 Å². The lowest BCUT2D eigenvalue weighted by Crippen LogP contribution is -2.54. The Labute approximate surface area is 235 Å². The molecule has 1 aromatic heterocycles. The summed E-state index contributed by atoms with van der Waals surface area (Å²) in [4.78, 5) is 46.0. The van der Waals surface area contributed by atoms with Crippen LogP contribution in [0.25, 0.3) is 0 Å². The van der Waals surface area contributed by atoms with E-state index in [1.165, 1.54) is 4.90 Å². The third kappa shape index (κ3) is 8.03. The Morgan fingerprint density at radius 1 is 1.07 bits per heavy atom. The summed E-state index contributed by atoms with van der Waals surface area (Å²) in [5, 5.41) is 20.2. The minimum atomic E-state index is -0.873. The fourth-order valence-corrected chi connectivity index (χ4v) is 5.25. The molecule has 1 saturated heterocycles. The number of hydrogen-bond donors (Lipinski definition) is 3. The van der Waals surface area contributed by atoms with Crippen molar-refractivity contribution in [3.8, 4) is 5.75 Å². The lowest BCUT2D eigenvalue weighted by Gasteiger charge is -2.29. The fourth-order valence-electron chi connectivity index (χ4n) is 5.25. The first kappa shape index (κ1) is 29.5. The van der Waals surface area contributed by atoms with E-state index in [2.05, 4.69) is 20.8 Å². The Morgan fingerprint density at radius 3 is 2.62 bits per heavy atom. The van der Waals surface area contributed by atoms with E-state index in [9.17, 15) is 19.5 Å². The van der Waals surface area contributed by atoms with Gasteiger partial charge in [-0.05, 0) is 37.3 Å². The number of aromatic nitrogens is 2. The molecular weight excluding hydrogens is 514 g/mol. The summed E-state index contributed by atoms with van der Waals surface area (Å²) in [5.74, 6) is 0.261. The molecule has 1 fully saturated rings. The highest BCUT2D eigenvalue weighted by molar-refractivity contribution is 6.00. The predicted molar refractivity (Wildman–Crippen MR) is 146 cm³/mol. The van der Waals surface area contributed by atoms with E-state index in [0.717, 1.165) is 38.5 Å². The van der Waals surface area contributed by atoms with Crippen molar-refractivity contribution in [2.75, 3.05) is 13.1 Å². The number of para-hydroxylation sites is 1. The maximum absolute atomic E-state index is 13.7. The van der Waals surface area contributed by atoms with Crippen LogP contribution in [0.3, 0.4) is 0 Å². The highest BCUT2D eigenvalue weighted by atomic mass is 16.5. The van der Waals surface area contributed by atoms with Crippen LogP contribution in [0.4, 0.5) is 0 Å². The molecule has 0 spiro atoms. The second-order valence-electron chi connectivity index (χ2n) is 11.1. The number of carbonyl (C=O) groups is 3. The third-order valence-corrected chi connectivity index (χ3v) is 7.29. The van der Waals surface area contributed by atoms with Gasteiger partial charge in [-0.25, -0.2) is 0 Å². The van der Waals surface area contributed by atoms with Crippen molar-refractivity contribution in [3.63, 3.8) is 0 Å². The van der Waals surface area contributed by atoms with Gasteiger partial charge in [0.25, 0.3) is 5.91 Å². The number of amides is 3. The lowest BCUT2D eigenvalue weighted by molar-refractivity contribution is -0.140. The summed E-state index contributed by atoms with van der Waals surface area (Å²) >= 11 is 0. The smallest absolute Gasteiger partial charge is 0.255 e. The predicted octanol–water partition coefficient (Wildman–Crippen LogP) is 2.77. The molecule has 11 nitrogen and oxygen atoms in total. The fraction of sp³-hybridized carbons (Fsp3) is 0.621. The van der Waals surface area contributed by atoms with E-state index in [-0.39, 0.29) is 42.9 Å². The Hall–Kier alpha value is -3.47. The highest BCUT2D eigenvalue weighted by Crippen LogP contribution is 2.23. The first-order valence-corrected chi connectivity index (χ1v) is 14.4. The van der Waals surface area contributed by atoms with Gasteiger partial charge in [0.05, 0.1) is 11.7 Å². The largest absolute Gasteiger partial charge is 0.485 e. The maximum Gasteiger partial charge on any atom is 0.255 e. The number of carbonyl (C=O) groups excluding carboxylic acids is 3. The van der Waals surface area contributed by atoms with Crippen molar-refractivity contribution >= 4 is 17.7 Å². The average molecular weight is 556 g/mol. The minimum Gasteiger partial charge on any atom is -0.485 e. The van der Waals surface area contributed by atoms with Crippen LogP contribution in [-0.4, -0.2) is 69.1 Å². The van der Waals surface area contributed by atoms with E-state index in [0.29, 0.717) is 36.9 Å². The standard InChI is InChI=1S/C29H41N5O6/c1-19(2)15-22-29(38)34-17-20(35)16-23(34)28(37)30-14-10-6-4-3-5-7-13-26-32-25(33-40-26)18-39-24-12-9-8-11-21(24)27(36)31-22/h8-9,11-12,19-20,22-23,35H,3-7,10,13-18H2,1-2H3,(H,30,37)(H,31,36)/t20-,22-,23-/m1/s1. The lowest BCUT2D eigenvalue weighted by atomic mass is 10.0. The molecule has 0 saturated carbocycles. The first-order valence-electron chi connectivity index (χ1n) is 14.4. The summed E-state index contributed by atoms with van der Waals surface area (Å²) in [6.07, 6.45) is 6.38. The summed E-state index contributed by atoms with van der Waals surface area (Å²) in [5.41, 5.74) is 0.266. The van der Waals surface area contributed by atoms with E-state index in [4.69, 9.17) is 9.26 Å². The molecule has 0 unspecified atom stereocenters. The number of nitrogens with zero attached hydrogens (tertiary/aromatic N) is 3. The van der Waals surface area contributed by atoms with Gasteiger partial charge in [0.15, 0.2) is 6.61 Å². The van der Waals surface area contributed by atoms with Crippen molar-refractivity contribution in [1.29, 1.82) is 0 Å². The van der Waals surface area contributed by atoms with Crippen LogP contribution in [0, 0.1) is 5.92 Å². The normalized spacial score (nSPS) is 24.1. The monoisotopic (exact) mass is 555 g/mol. The van der Waals surface area contributed by atoms with E-state index >= 15 is 0 Å². The molecule has 40 heavy (non-hydrogen) atoms. The van der Waals surface area contributed by atoms with Crippen molar-refractivity contribution in [2.45, 2.75) is 96.4 Å². The third-order valence-electron chi connectivity index (χ3n) is 7.29. The van der Waals surface area contributed by atoms with Crippen LogP contribution in [-0.2, 0) is 22.6 Å². The van der Waals surface area contributed by atoms with E-state index in [1.54, 1.807) is 24.3 Å². The number of ether oxygens (including phenoxy) is 1. The summed E-state index contributed by atoms with van der Waals surface area (Å²) < 4.78 is 11.3. The second-order valence-corrected chi connectivity index (χ2v) is 11.1. The van der Waals surface area contributed by atoms with Crippen LogP contribution in [0.15, 0.2) is 28.8 Å². The Kier molecular flexibility index (Phi) is 10.5. The molecular formula is C29H41N5O6. The Balaban J connectivity index is 1.55. The molecule has 4 rings (SSSR count). The molecule has 0 aliphatic carbocycles. The Morgan fingerprint density at radius 2 is 1.82 bits per heavy atom. The molecule has 2 aliphatic rings. The second kappa shape index (κ2) is 14.2. The van der Waals surface area contributed by atoms with Crippen LogP contribution < -0.4 is 15.4 Å². The molecule has 11 heteroatoms. The molecule has 3 N–H and O–H groups in total. The van der Waals surface area contributed by atoms with Gasteiger partial charge in [-0.1, -0.05) is 56.8 Å². The summed E-state index contributed by atoms with van der Waals surface area (Å²) in [7, 11) is 0. The molecule has 0 radical (unpaired) electrons. The number of aliphatic hydroxyl groups excluding tert-OH is 1. The van der Waals surface area contributed by atoms with Crippen molar-refractivity contribution < 1.29 is 28.8 Å². The molecule has 3 heterocycles. The number of aliphatic hydroxyl groups is 1. The van der Waals surface area contributed by atoms with Gasteiger partial charge < -0.3 is 29.9 Å². The van der Waals surface area contributed by atoms with Crippen LogP contribution in [0.1, 0.15) is 87.3 Å². The maximum atomic E-state index is 13.7. The molecule has 2 aromatic rings. The zero-order valence-electron chi connectivity index (χ0n) is 23.4. The van der Waals surface area contributed by atoms with Gasteiger partial charge in [-0.2, -0.15) is 4.98 Å². The van der Waals surface area contributed by atoms with Gasteiger partial charge in [0.1, 0.15) is 17.8 Å². The SMILES string of the molecule is CC(C)C[C@H]1NC(=O)c2ccccc2OCc2noc(n2)CCCCCCCCNC(=O)[C@H]2C[C@@H](O)CN2C1=O. The average Bonchev–Trinajstić information content (AvgIpc) is 3.55. The van der Waals surface area contributed by atoms with Crippen molar-refractivity contribution in [3.05, 3.63) is 41.5 Å². The van der Waals surface area contributed by atoms with E-state index < -0.39 is 24.1 Å². The summed E-state index contributed by atoms with van der Waals surface area (Å²) in [6.45, 7) is 4.52. The van der Waals surface area contributed by atoms with Gasteiger partial charge in [0, 0.05) is 25.9 Å². The Bertz CT molecular complexity index is 1150. The molecule has 3 amide bonds. The zero-order valence-corrected chi connectivity index (χ0v) is 23.4. The zero-order chi connectivity index (χ0) is 28.5. The highest BCUT2D eigenvalue weighted by Gasteiger charge is 2.41.